The highest BCUT2D eigenvalue weighted by Gasteiger charge is 2.21. The summed E-state index contributed by atoms with van der Waals surface area (Å²) in [6, 6.07) is 4.83. The third kappa shape index (κ3) is 4.50. The van der Waals surface area contributed by atoms with Crippen molar-refractivity contribution in [2.24, 2.45) is 0 Å². The van der Waals surface area contributed by atoms with Gasteiger partial charge in [0.25, 0.3) is 0 Å². The van der Waals surface area contributed by atoms with Gasteiger partial charge in [-0.05, 0) is 39.8 Å². The number of hydrogen-bond donors (Lipinski definition) is 1. The maximum absolute atomic E-state index is 13.9. The summed E-state index contributed by atoms with van der Waals surface area (Å²) in [5.74, 6) is -0.343. The van der Waals surface area contributed by atoms with E-state index in [4.69, 9.17) is 0 Å². The predicted octanol–water partition coefficient (Wildman–Crippen LogP) is 4.49. The lowest BCUT2D eigenvalue weighted by Crippen LogP contribution is -2.34. The minimum atomic E-state index is -0.325. The predicted molar refractivity (Wildman–Crippen MR) is 77.8 cm³/mol. The van der Waals surface area contributed by atoms with Crippen molar-refractivity contribution in [3.05, 3.63) is 29.6 Å². The highest BCUT2D eigenvalue weighted by molar-refractivity contribution is 5.29. The number of benzene rings is 1. The van der Waals surface area contributed by atoms with Gasteiger partial charge in [-0.2, -0.15) is 0 Å². The van der Waals surface area contributed by atoms with Gasteiger partial charge >= 0.3 is 0 Å². The Kier molecular flexibility index (Phi) is 6.29. The molecule has 0 aromatic heterocycles. The van der Waals surface area contributed by atoms with Crippen molar-refractivity contribution in [2.75, 3.05) is 6.54 Å². The maximum atomic E-state index is 13.9. The largest absolute Gasteiger partial charge is 0.508 e. The summed E-state index contributed by atoms with van der Waals surface area (Å²) in [7, 11) is 0. The lowest BCUT2D eigenvalue weighted by atomic mass is 10.0. The molecule has 0 aliphatic heterocycles. The molecule has 0 saturated heterocycles. The van der Waals surface area contributed by atoms with Crippen LogP contribution in [0.2, 0.25) is 0 Å². The van der Waals surface area contributed by atoms with E-state index in [0.29, 0.717) is 11.6 Å². The lowest BCUT2D eigenvalue weighted by Gasteiger charge is -2.33. The lowest BCUT2D eigenvalue weighted by molar-refractivity contribution is 0.158. The van der Waals surface area contributed by atoms with Gasteiger partial charge in [0.2, 0.25) is 0 Å². The summed E-state index contributed by atoms with van der Waals surface area (Å²) in [5.41, 5.74) is 0.656. The molecule has 0 fully saturated rings. The Morgan fingerprint density at radius 1 is 1.21 bits per heavy atom. The molecule has 1 N–H and O–H groups in total. The van der Waals surface area contributed by atoms with E-state index in [1.165, 1.54) is 18.9 Å². The second kappa shape index (κ2) is 7.49. The number of hydrogen-bond acceptors (Lipinski definition) is 2. The summed E-state index contributed by atoms with van der Waals surface area (Å²) in [6.45, 7) is 9.47. The van der Waals surface area contributed by atoms with Gasteiger partial charge in [0.15, 0.2) is 0 Å². The summed E-state index contributed by atoms with van der Waals surface area (Å²) in [5, 5.41) is 9.29. The van der Waals surface area contributed by atoms with Crippen molar-refractivity contribution in [3.8, 4) is 5.75 Å². The van der Waals surface area contributed by atoms with Crippen LogP contribution in [-0.2, 0) is 0 Å². The van der Waals surface area contributed by atoms with Gasteiger partial charge in [-0.25, -0.2) is 4.39 Å². The van der Waals surface area contributed by atoms with E-state index in [-0.39, 0.29) is 17.6 Å². The molecule has 0 amide bonds. The molecular formula is C16H26FNO. The van der Waals surface area contributed by atoms with Crippen molar-refractivity contribution in [1.29, 1.82) is 0 Å². The highest BCUT2D eigenvalue weighted by Crippen LogP contribution is 2.27. The molecule has 108 valence electrons. The number of nitrogens with zero attached hydrogens (tertiary/aromatic N) is 1. The first-order valence-corrected chi connectivity index (χ1v) is 7.21. The molecule has 0 saturated carbocycles. The molecule has 1 aromatic rings. The number of rotatable bonds is 7. The molecule has 1 unspecified atom stereocenters. The SMILES string of the molecule is CCCCCN(C(C)C)C(C)c1ccc(O)cc1F. The van der Waals surface area contributed by atoms with Crippen LogP contribution < -0.4 is 0 Å². The van der Waals surface area contributed by atoms with Crippen LogP contribution >= 0.6 is 0 Å². The first kappa shape index (κ1) is 16.0. The summed E-state index contributed by atoms with van der Waals surface area (Å²) >= 11 is 0. The molecule has 0 aliphatic rings. The Morgan fingerprint density at radius 2 is 1.89 bits per heavy atom. The summed E-state index contributed by atoms with van der Waals surface area (Å²) < 4.78 is 13.9. The number of phenols is 1. The Bertz CT molecular complexity index is 392. The van der Waals surface area contributed by atoms with Gasteiger partial charge < -0.3 is 5.11 Å². The first-order valence-electron chi connectivity index (χ1n) is 7.21. The third-order valence-electron chi connectivity index (χ3n) is 3.61. The van der Waals surface area contributed by atoms with Gasteiger partial charge in [-0.3, -0.25) is 4.90 Å². The number of halogens is 1. The summed E-state index contributed by atoms with van der Waals surface area (Å²) in [6.07, 6.45) is 3.53. The van der Waals surface area contributed by atoms with Crippen LogP contribution in [0.4, 0.5) is 4.39 Å². The average Bonchev–Trinajstić information content (AvgIpc) is 2.33. The minimum Gasteiger partial charge on any atom is -0.508 e. The molecular weight excluding hydrogens is 241 g/mol. The third-order valence-corrected chi connectivity index (χ3v) is 3.61. The van der Waals surface area contributed by atoms with Crippen LogP contribution in [0.5, 0.6) is 5.75 Å². The standard InChI is InChI=1S/C16H26FNO/c1-5-6-7-10-18(12(2)3)13(4)15-9-8-14(19)11-16(15)17/h8-9,11-13,19H,5-7,10H2,1-4H3. The van der Waals surface area contributed by atoms with Gasteiger partial charge in [0, 0.05) is 23.7 Å². The molecule has 0 bridgehead atoms. The molecule has 0 heterocycles. The second-order valence-corrected chi connectivity index (χ2v) is 5.42. The van der Waals surface area contributed by atoms with E-state index >= 15 is 0 Å². The summed E-state index contributed by atoms with van der Waals surface area (Å²) in [4.78, 5) is 2.31. The highest BCUT2D eigenvalue weighted by atomic mass is 19.1. The number of phenolic OH excluding ortho intramolecular Hbond substituents is 1. The molecule has 0 aliphatic carbocycles. The first-order chi connectivity index (χ1) is 8.97. The van der Waals surface area contributed by atoms with Gasteiger partial charge in [0.05, 0.1) is 0 Å². The van der Waals surface area contributed by atoms with E-state index in [2.05, 4.69) is 25.7 Å². The van der Waals surface area contributed by atoms with Crippen molar-refractivity contribution >= 4 is 0 Å². The topological polar surface area (TPSA) is 23.5 Å². The van der Waals surface area contributed by atoms with E-state index in [0.717, 1.165) is 13.0 Å². The van der Waals surface area contributed by atoms with Crippen LogP contribution in [0.25, 0.3) is 0 Å². The Hall–Kier alpha value is -1.09. The Balaban J connectivity index is 2.83. The molecule has 1 rings (SSSR count). The fourth-order valence-electron chi connectivity index (χ4n) is 2.48. The Labute approximate surface area is 116 Å². The maximum Gasteiger partial charge on any atom is 0.131 e. The van der Waals surface area contributed by atoms with Gasteiger partial charge in [0.1, 0.15) is 11.6 Å². The van der Waals surface area contributed by atoms with Crippen LogP contribution in [-0.4, -0.2) is 22.6 Å². The number of unbranched alkanes of at least 4 members (excludes halogenated alkanes) is 2. The van der Waals surface area contributed by atoms with Crippen molar-refractivity contribution in [2.45, 2.75) is 59.0 Å². The molecule has 3 heteroatoms. The average molecular weight is 267 g/mol. The van der Waals surface area contributed by atoms with Crippen LogP contribution in [0.15, 0.2) is 18.2 Å². The monoisotopic (exact) mass is 267 g/mol. The fraction of sp³-hybridized carbons (Fsp3) is 0.625. The normalized spacial score (nSPS) is 13.2. The van der Waals surface area contributed by atoms with Crippen LogP contribution in [0.3, 0.4) is 0 Å². The van der Waals surface area contributed by atoms with Crippen LogP contribution in [0, 0.1) is 5.82 Å². The molecule has 0 spiro atoms. The number of aromatic hydroxyl groups is 1. The minimum absolute atomic E-state index is 0.0180. The van der Waals surface area contributed by atoms with Crippen molar-refractivity contribution < 1.29 is 9.50 Å². The van der Waals surface area contributed by atoms with Gasteiger partial charge in [-0.1, -0.05) is 25.8 Å². The smallest absolute Gasteiger partial charge is 0.131 e. The zero-order valence-corrected chi connectivity index (χ0v) is 12.5. The molecule has 0 radical (unpaired) electrons. The van der Waals surface area contributed by atoms with Gasteiger partial charge in [-0.15, -0.1) is 0 Å². The van der Waals surface area contributed by atoms with E-state index in [9.17, 15) is 9.50 Å². The van der Waals surface area contributed by atoms with E-state index in [1.807, 2.05) is 6.92 Å². The zero-order valence-electron chi connectivity index (χ0n) is 12.5. The Morgan fingerprint density at radius 3 is 2.42 bits per heavy atom. The van der Waals surface area contributed by atoms with E-state index < -0.39 is 0 Å². The van der Waals surface area contributed by atoms with Crippen LogP contribution in [0.1, 0.15) is 58.6 Å². The van der Waals surface area contributed by atoms with Crippen molar-refractivity contribution in [3.63, 3.8) is 0 Å². The fourth-order valence-corrected chi connectivity index (χ4v) is 2.48. The zero-order chi connectivity index (χ0) is 14.4. The van der Waals surface area contributed by atoms with Crippen molar-refractivity contribution in [1.82, 2.24) is 4.90 Å². The quantitative estimate of drug-likeness (QED) is 0.736. The molecule has 1 aromatic carbocycles. The van der Waals surface area contributed by atoms with E-state index in [1.54, 1.807) is 12.1 Å². The molecule has 19 heavy (non-hydrogen) atoms. The molecule has 2 nitrogen and oxygen atoms in total. The molecule has 1 atom stereocenters. The second-order valence-electron chi connectivity index (χ2n) is 5.42.